The van der Waals surface area contributed by atoms with Crippen LogP contribution in [0.4, 0.5) is 0 Å². The quantitative estimate of drug-likeness (QED) is 0.873. The van der Waals surface area contributed by atoms with E-state index < -0.39 is 0 Å². The van der Waals surface area contributed by atoms with Crippen molar-refractivity contribution >= 4 is 5.91 Å². The van der Waals surface area contributed by atoms with Gasteiger partial charge >= 0.3 is 0 Å². The van der Waals surface area contributed by atoms with E-state index >= 15 is 0 Å². The Morgan fingerprint density at radius 2 is 1.54 bits per heavy atom. The van der Waals surface area contributed by atoms with Gasteiger partial charge in [-0.2, -0.15) is 5.10 Å². The third kappa shape index (κ3) is 2.16. The lowest BCUT2D eigenvalue weighted by Gasteiger charge is -2.61. The van der Waals surface area contributed by atoms with Crippen LogP contribution in [0.1, 0.15) is 70.6 Å². The molecular formula is C23H32N4O. The van der Waals surface area contributed by atoms with Gasteiger partial charge in [0.05, 0.1) is 11.0 Å². The van der Waals surface area contributed by atoms with Crippen molar-refractivity contribution in [1.82, 2.24) is 20.1 Å². The molecule has 8 saturated carbocycles. The number of nitrogens with one attached hydrogen (secondary N) is 1. The Balaban J connectivity index is 1.17. The fraction of sp³-hybridized carbons (Fsp3) is 0.870. The van der Waals surface area contributed by atoms with Crippen LogP contribution < -0.4 is 5.32 Å². The molecule has 5 heteroatoms. The number of hydrogen-bond donors (Lipinski definition) is 1. The Bertz CT molecular complexity index is 760. The van der Waals surface area contributed by atoms with Crippen molar-refractivity contribution in [3.63, 3.8) is 0 Å². The first-order valence-electron chi connectivity index (χ1n) is 11.8. The Kier molecular flexibility index (Phi) is 3.16. The smallest absolute Gasteiger partial charge is 0.226 e. The molecule has 1 aromatic rings. The predicted octanol–water partition coefficient (Wildman–Crippen LogP) is 3.51. The molecule has 8 fully saturated rings. The zero-order valence-corrected chi connectivity index (χ0v) is 16.7. The number of carbonyl (C=O) groups is 1. The fourth-order valence-corrected chi connectivity index (χ4v) is 9.67. The van der Waals surface area contributed by atoms with Crippen molar-refractivity contribution in [2.24, 2.45) is 40.9 Å². The second-order valence-electron chi connectivity index (χ2n) is 11.7. The lowest BCUT2D eigenvalue weighted by Crippen LogP contribution is -2.64. The van der Waals surface area contributed by atoms with E-state index in [4.69, 9.17) is 0 Å². The molecule has 0 unspecified atom stereocenters. The zero-order chi connectivity index (χ0) is 18.5. The maximum Gasteiger partial charge on any atom is 0.226 e. The Morgan fingerprint density at radius 3 is 2.14 bits per heavy atom. The van der Waals surface area contributed by atoms with Gasteiger partial charge in [-0.3, -0.25) is 4.79 Å². The van der Waals surface area contributed by atoms with Crippen LogP contribution in [0, 0.1) is 40.9 Å². The molecule has 9 rings (SSSR count). The number of amides is 1. The van der Waals surface area contributed by atoms with Gasteiger partial charge in [-0.1, -0.05) is 0 Å². The highest BCUT2D eigenvalue weighted by Gasteiger charge is 2.62. The minimum Gasteiger partial charge on any atom is -0.352 e. The van der Waals surface area contributed by atoms with E-state index in [1.807, 2.05) is 6.33 Å². The van der Waals surface area contributed by atoms with Crippen molar-refractivity contribution < 1.29 is 4.79 Å². The summed E-state index contributed by atoms with van der Waals surface area (Å²) in [5.74, 6) is 5.24. The molecule has 8 aliphatic carbocycles. The van der Waals surface area contributed by atoms with Crippen LogP contribution in [0.25, 0.3) is 0 Å². The third-order valence-electron chi connectivity index (χ3n) is 9.94. The molecule has 8 bridgehead atoms. The van der Waals surface area contributed by atoms with Crippen LogP contribution in [-0.2, 0) is 10.3 Å². The first-order valence-corrected chi connectivity index (χ1v) is 11.8. The Morgan fingerprint density at radius 1 is 0.893 bits per heavy atom. The van der Waals surface area contributed by atoms with Gasteiger partial charge in [0.15, 0.2) is 0 Å². The van der Waals surface area contributed by atoms with E-state index in [1.54, 1.807) is 6.33 Å². The number of aromatic nitrogens is 3. The second-order valence-corrected chi connectivity index (χ2v) is 11.7. The van der Waals surface area contributed by atoms with Crippen LogP contribution in [0.2, 0.25) is 0 Å². The third-order valence-corrected chi connectivity index (χ3v) is 9.94. The van der Waals surface area contributed by atoms with Crippen molar-refractivity contribution in [2.45, 2.75) is 82.2 Å². The monoisotopic (exact) mass is 380 g/mol. The van der Waals surface area contributed by atoms with Crippen LogP contribution in [0.5, 0.6) is 0 Å². The van der Waals surface area contributed by atoms with Crippen LogP contribution in [-0.4, -0.2) is 26.7 Å². The molecule has 1 aromatic heterocycles. The minimum absolute atomic E-state index is 0.0436. The summed E-state index contributed by atoms with van der Waals surface area (Å²) in [5, 5.41) is 8.24. The number of hydrogen-bond acceptors (Lipinski definition) is 3. The highest BCUT2D eigenvalue weighted by molar-refractivity contribution is 5.83. The van der Waals surface area contributed by atoms with E-state index in [2.05, 4.69) is 20.1 Å². The first-order chi connectivity index (χ1) is 13.6. The molecule has 8 aliphatic rings. The topological polar surface area (TPSA) is 59.8 Å². The minimum atomic E-state index is -0.148. The average Bonchev–Trinajstić information content (AvgIpc) is 3.18. The maximum atomic E-state index is 13.8. The molecule has 150 valence electrons. The molecule has 0 spiro atoms. The van der Waals surface area contributed by atoms with Crippen molar-refractivity contribution in [2.75, 3.05) is 0 Å². The van der Waals surface area contributed by atoms with Gasteiger partial charge in [-0.15, -0.1) is 0 Å². The van der Waals surface area contributed by atoms with Crippen molar-refractivity contribution in [3.05, 3.63) is 12.7 Å². The Labute approximate surface area is 167 Å². The van der Waals surface area contributed by atoms with Crippen LogP contribution in [0.3, 0.4) is 0 Å². The molecule has 0 aliphatic heterocycles. The van der Waals surface area contributed by atoms with Gasteiger partial charge in [0, 0.05) is 6.04 Å². The van der Waals surface area contributed by atoms with Gasteiger partial charge in [0.2, 0.25) is 5.91 Å². The largest absolute Gasteiger partial charge is 0.352 e. The van der Waals surface area contributed by atoms with Gasteiger partial charge in [-0.05, 0) is 106 Å². The van der Waals surface area contributed by atoms with Crippen LogP contribution in [0.15, 0.2) is 12.7 Å². The maximum absolute atomic E-state index is 13.8. The van der Waals surface area contributed by atoms with E-state index in [-0.39, 0.29) is 11.0 Å². The van der Waals surface area contributed by atoms with Gasteiger partial charge in [0.25, 0.3) is 0 Å². The lowest BCUT2D eigenvalue weighted by molar-refractivity contribution is -0.159. The molecule has 0 saturated heterocycles. The SMILES string of the molecule is O=C(NC1C2CC3CC(C2)CC1C3)C12C[C@H]3C[C@H](C1)CC(n1cncn1)(C3)C2. The fourth-order valence-electron chi connectivity index (χ4n) is 9.67. The van der Waals surface area contributed by atoms with Crippen LogP contribution >= 0.6 is 0 Å². The molecule has 0 radical (unpaired) electrons. The standard InChI is InChI=1S/C23H32N4O/c28-21(26-20-18-3-14-1-15(5-18)6-19(20)4-14)22-7-16-2-17(8-22)10-23(9-16,11-22)27-13-24-12-25-27/h12-20H,1-11H2,(H,26,28)/t14?,15?,16-,17-,18?,19?,20?,22?,23?/m1/s1. The van der Waals surface area contributed by atoms with E-state index in [0.29, 0.717) is 23.8 Å². The molecule has 5 nitrogen and oxygen atoms in total. The number of nitrogens with zero attached hydrogens (tertiary/aromatic N) is 3. The van der Waals surface area contributed by atoms with Gasteiger partial charge in [-0.25, -0.2) is 9.67 Å². The van der Waals surface area contributed by atoms with Gasteiger partial charge < -0.3 is 5.32 Å². The van der Waals surface area contributed by atoms with Crippen molar-refractivity contribution in [1.29, 1.82) is 0 Å². The molecule has 0 aromatic carbocycles. The summed E-state index contributed by atoms with van der Waals surface area (Å²) >= 11 is 0. The summed E-state index contributed by atoms with van der Waals surface area (Å²) in [7, 11) is 0. The summed E-state index contributed by atoms with van der Waals surface area (Å²) in [6, 6.07) is 0.468. The van der Waals surface area contributed by atoms with Crippen molar-refractivity contribution in [3.8, 4) is 0 Å². The molecule has 28 heavy (non-hydrogen) atoms. The van der Waals surface area contributed by atoms with E-state index in [1.165, 1.54) is 51.4 Å². The Hall–Kier alpha value is -1.39. The summed E-state index contributed by atoms with van der Waals surface area (Å²) in [6.45, 7) is 0. The first kappa shape index (κ1) is 16.4. The summed E-state index contributed by atoms with van der Waals surface area (Å²) in [4.78, 5) is 18.1. The van der Waals surface area contributed by atoms with E-state index in [9.17, 15) is 4.79 Å². The average molecular weight is 381 g/mol. The molecule has 1 N–H and O–H groups in total. The molecule has 2 atom stereocenters. The summed E-state index contributed by atoms with van der Waals surface area (Å²) in [6.07, 6.45) is 17.4. The molecular weight excluding hydrogens is 348 g/mol. The molecule has 1 heterocycles. The molecule has 1 amide bonds. The van der Waals surface area contributed by atoms with Gasteiger partial charge in [0.1, 0.15) is 12.7 Å². The highest BCUT2D eigenvalue weighted by atomic mass is 16.2. The summed E-state index contributed by atoms with van der Waals surface area (Å²) in [5.41, 5.74) is -0.104. The second kappa shape index (κ2) is 5.40. The highest BCUT2D eigenvalue weighted by Crippen LogP contribution is 2.64. The van der Waals surface area contributed by atoms with E-state index in [0.717, 1.165) is 42.9 Å². The number of carbonyl (C=O) groups excluding carboxylic acids is 1. The normalized spacial score (nSPS) is 52.9. The predicted molar refractivity (Wildman–Crippen MR) is 104 cm³/mol. The number of rotatable bonds is 3. The zero-order valence-electron chi connectivity index (χ0n) is 16.7. The summed E-state index contributed by atoms with van der Waals surface area (Å²) < 4.78 is 2.12. The lowest BCUT2D eigenvalue weighted by atomic mass is 9.46.